The van der Waals surface area contributed by atoms with E-state index in [1.165, 1.54) is 0 Å². The second kappa shape index (κ2) is 6.89. The van der Waals surface area contributed by atoms with Crippen LogP contribution in [-0.2, 0) is 0 Å². The van der Waals surface area contributed by atoms with Crippen molar-refractivity contribution in [1.29, 1.82) is 0 Å². The molecule has 2 aromatic carbocycles. The minimum Gasteiger partial charge on any atom is -0.497 e. The molecule has 0 saturated carbocycles. The number of anilines is 1. The van der Waals surface area contributed by atoms with Crippen LogP contribution in [0.15, 0.2) is 53.0 Å². The summed E-state index contributed by atoms with van der Waals surface area (Å²) in [4.78, 5) is 13.0. The van der Waals surface area contributed by atoms with E-state index in [1.54, 1.807) is 7.11 Å². The van der Waals surface area contributed by atoms with Gasteiger partial charge >= 0.3 is 0 Å². The van der Waals surface area contributed by atoms with E-state index >= 15 is 0 Å². The van der Waals surface area contributed by atoms with Gasteiger partial charge in [0.2, 0.25) is 0 Å². The first-order chi connectivity index (χ1) is 11.2. The van der Waals surface area contributed by atoms with Gasteiger partial charge in [-0.2, -0.15) is 0 Å². The summed E-state index contributed by atoms with van der Waals surface area (Å²) in [7, 11) is 1.60. The Morgan fingerprint density at radius 2 is 2.04 bits per heavy atom. The Labute approximate surface area is 145 Å². The normalized spacial score (nSPS) is 10.3. The number of aromatic nitrogens is 2. The molecule has 1 N–H and O–H groups in total. The fraction of sp³-hybridized carbons (Fsp3) is 0.0625. The molecule has 1 amide bonds. The summed E-state index contributed by atoms with van der Waals surface area (Å²) in [6.07, 6.45) is 0. The molecule has 3 rings (SSSR count). The third kappa shape index (κ3) is 3.40. The van der Waals surface area contributed by atoms with Crippen LogP contribution in [0.4, 0.5) is 5.69 Å². The highest BCUT2D eigenvalue weighted by molar-refractivity contribution is 9.10. The van der Waals surface area contributed by atoms with Gasteiger partial charge in [0.15, 0.2) is 0 Å². The molecule has 0 radical (unpaired) electrons. The van der Waals surface area contributed by atoms with Crippen molar-refractivity contribution >= 4 is 39.1 Å². The number of nitrogens with one attached hydrogen (secondary N) is 1. The molecule has 0 saturated heterocycles. The summed E-state index contributed by atoms with van der Waals surface area (Å²) in [6.45, 7) is 0. The Hall–Kier alpha value is -2.25. The molecular formula is C16H12BrN3O2S. The van der Waals surface area contributed by atoms with Crippen LogP contribution in [-0.4, -0.2) is 22.6 Å². The van der Waals surface area contributed by atoms with Gasteiger partial charge in [-0.15, -0.1) is 5.10 Å². The Bertz CT molecular complexity index is 851. The molecule has 0 spiro atoms. The number of hydrogen-bond acceptors (Lipinski definition) is 5. The van der Waals surface area contributed by atoms with E-state index in [1.807, 2.05) is 48.5 Å². The molecule has 23 heavy (non-hydrogen) atoms. The van der Waals surface area contributed by atoms with E-state index in [0.717, 1.165) is 21.6 Å². The number of rotatable bonds is 4. The number of ether oxygens (including phenoxy) is 1. The number of carbonyl (C=O) groups is 1. The van der Waals surface area contributed by atoms with Crippen molar-refractivity contribution < 1.29 is 9.53 Å². The lowest BCUT2D eigenvalue weighted by Crippen LogP contribution is -2.11. The van der Waals surface area contributed by atoms with Crippen molar-refractivity contribution in [1.82, 2.24) is 9.59 Å². The Morgan fingerprint density at radius 3 is 2.83 bits per heavy atom. The molecule has 0 aliphatic heterocycles. The topological polar surface area (TPSA) is 64.1 Å². The zero-order valence-corrected chi connectivity index (χ0v) is 14.5. The lowest BCUT2D eigenvalue weighted by Gasteiger charge is -2.07. The van der Waals surface area contributed by atoms with Crippen LogP contribution in [0.1, 0.15) is 9.67 Å². The molecule has 3 aromatic rings. The van der Waals surface area contributed by atoms with Gasteiger partial charge in [-0.25, -0.2) is 0 Å². The van der Waals surface area contributed by atoms with Crippen molar-refractivity contribution in [2.75, 3.05) is 12.4 Å². The molecule has 5 nitrogen and oxygen atoms in total. The Balaban J connectivity index is 1.91. The molecule has 116 valence electrons. The maximum absolute atomic E-state index is 12.5. The van der Waals surface area contributed by atoms with Crippen LogP contribution in [0.5, 0.6) is 5.75 Å². The van der Waals surface area contributed by atoms with E-state index < -0.39 is 0 Å². The SMILES string of the molecule is COc1cccc(-c2nnsc2C(=O)Nc2ccccc2Br)c1. The second-order valence-electron chi connectivity index (χ2n) is 4.62. The van der Waals surface area contributed by atoms with Crippen molar-refractivity contribution in [2.45, 2.75) is 0 Å². The quantitative estimate of drug-likeness (QED) is 0.724. The van der Waals surface area contributed by atoms with Crippen LogP contribution in [0.25, 0.3) is 11.3 Å². The van der Waals surface area contributed by atoms with Crippen molar-refractivity contribution in [2.24, 2.45) is 0 Å². The molecule has 0 aliphatic carbocycles. The molecule has 0 atom stereocenters. The first kappa shape index (κ1) is 15.6. The monoisotopic (exact) mass is 389 g/mol. The molecule has 0 bridgehead atoms. The number of para-hydroxylation sites is 1. The number of nitrogens with zero attached hydrogens (tertiary/aromatic N) is 2. The van der Waals surface area contributed by atoms with Gasteiger partial charge in [0, 0.05) is 10.0 Å². The predicted octanol–water partition coefficient (Wildman–Crippen LogP) is 4.23. The highest BCUT2D eigenvalue weighted by Gasteiger charge is 2.19. The first-order valence-electron chi connectivity index (χ1n) is 6.71. The van der Waals surface area contributed by atoms with E-state index in [-0.39, 0.29) is 5.91 Å². The maximum Gasteiger partial charge on any atom is 0.269 e. The largest absolute Gasteiger partial charge is 0.497 e. The van der Waals surface area contributed by atoms with Gasteiger partial charge in [0.1, 0.15) is 16.3 Å². The van der Waals surface area contributed by atoms with Crippen molar-refractivity contribution in [3.8, 4) is 17.0 Å². The summed E-state index contributed by atoms with van der Waals surface area (Å²) in [5, 5.41) is 6.95. The van der Waals surface area contributed by atoms with Crippen LogP contribution in [0.3, 0.4) is 0 Å². The van der Waals surface area contributed by atoms with E-state index in [4.69, 9.17) is 4.74 Å². The third-order valence-corrected chi connectivity index (χ3v) is 4.58. The molecule has 0 aliphatic rings. The van der Waals surface area contributed by atoms with Crippen LogP contribution >= 0.6 is 27.5 Å². The smallest absolute Gasteiger partial charge is 0.269 e. The maximum atomic E-state index is 12.5. The molecule has 1 heterocycles. The number of halogens is 1. The minimum atomic E-state index is -0.246. The van der Waals surface area contributed by atoms with Crippen molar-refractivity contribution in [3.05, 3.63) is 57.9 Å². The highest BCUT2D eigenvalue weighted by Crippen LogP contribution is 2.28. The molecule has 7 heteroatoms. The number of carbonyl (C=O) groups excluding carboxylic acids is 1. The minimum absolute atomic E-state index is 0.246. The van der Waals surface area contributed by atoms with E-state index in [9.17, 15) is 4.79 Å². The van der Waals surface area contributed by atoms with Crippen molar-refractivity contribution in [3.63, 3.8) is 0 Å². The van der Waals surface area contributed by atoms with Gasteiger partial charge in [-0.3, -0.25) is 4.79 Å². The summed E-state index contributed by atoms with van der Waals surface area (Å²) in [5.74, 6) is 0.456. The number of amides is 1. The zero-order chi connectivity index (χ0) is 16.2. The molecule has 0 fully saturated rings. The standard InChI is InChI=1S/C16H12BrN3O2S/c1-22-11-6-4-5-10(9-11)14-15(23-20-19-14)16(21)18-13-8-3-2-7-12(13)17/h2-9H,1H3,(H,18,21). The first-order valence-corrected chi connectivity index (χ1v) is 8.28. The van der Waals surface area contributed by atoms with Gasteiger partial charge < -0.3 is 10.1 Å². The number of methoxy groups -OCH3 is 1. The fourth-order valence-electron chi connectivity index (χ4n) is 2.04. The number of hydrogen-bond donors (Lipinski definition) is 1. The summed E-state index contributed by atoms with van der Waals surface area (Å²) in [6, 6.07) is 14.8. The summed E-state index contributed by atoms with van der Waals surface area (Å²) < 4.78 is 9.94. The lowest BCUT2D eigenvalue weighted by molar-refractivity contribution is 0.103. The van der Waals surface area contributed by atoms with Crippen LogP contribution in [0, 0.1) is 0 Å². The fourth-order valence-corrected chi connectivity index (χ4v) is 3.01. The van der Waals surface area contributed by atoms with Crippen LogP contribution in [0.2, 0.25) is 0 Å². The Morgan fingerprint density at radius 1 is 1.22 bits per heavy atom. The Kier molecular flexibility index (Phi) is 4.68. The van der Waals surface area contributed by atoms with E-state index in [2.05, 4.69) is 30.8 Å². The molecular weight excluding hydrogens is 378 g/mol. The van der Waals surface area contributed by atoms with Crippen LogP contribution < -0.4 is 10.1 Å². The predicted molar refractivity (Wildman–Crippen MR) is 94.0 cm³/mol. The van der Waals surface area contributed by atoms with E-state index in [0.29, 0.717) is 22.0 Å². The zero-order valence-electron chi connectivity index (χ0n) is 12.1. The number of benzene rings is 2. The molecule has 1 aromatic heterocycles. The lowest BCUT2D eigenvalue weighted by atomic mass is 10.1. The summed E-state index contributed by atoms with van der Waals surface area (Å²) in [5.41, 5.74) is 2.02. The highest BCUT2D eigenvalue weighted by atomic mass is 79.9. The average molecular weight is 390 g/mol. The van der Waals surface area contributed by atoms with Gasteiger partial charge in [0.25, 0.3) is 5.91 Å². The second-order valence-corrected chi connectivity index (χ2v) is 6.23. The average Bonchev–Trinajstić information content (AvgIpc) is 3.07. The van der Waals surface area contributed by atoms with Gasteiger partial charge in [0.05, 0.1) is 12.8 Å². The summed E-state index contributed by atoms with van der Waals surface area (Å²) >= 11 is 4.47. The molecule has 0 unspecified atom stereocenters. The van der Waals surface area contributed by atoms with Gasteiger partial charge in [-0.05, 0) is 51.7 Å². The van der Waals surface area contributed by atoms with Gasteiger partial charge in [-0.1, -0.05) is 28.8 Å². The third-order valence-electron chi connectivity index (χ3n) is 3.16.